The Balaban J connectivity index is 1.53. The van der Waals surface area contributed by atoms with Crippen LogP contribution >= 0.6 is 11.6 Å². The van der Waals surface area contributed by atoms with Gasteiger partial charge in [-0.15, -0.1) is 11.6 Å². The van der Waals surface area contributed by atoms with Gasteiger partial charge in [0.1, 0.15) is 0 Å². The molecule has 0 aromatic heterocycles. The second-order valence-corrected chi connectivity index (χ2v) is 9.14. The summed E-state index contributed by atoms with van der Waals surface area (Å²) in [6.07, 6.45) is 10.8. The lowest BCUT2D eigenvalue weighted by Gasteiger charge is -2.60. The van der Waals surface area contributed by atoms with Gasteiger partial charge >= 0.3 is 0 Å². The van der Waals surface area contributed by atoms with Crippen molar-refractivity contribution in [3.63, 3.8) is 0 Å². The minimum atomic E-state index is -0.0436. The summed E-state index contributed by atoms with van der Waals surface area (Å²) in [5.41, 5.74) is 0.398. The minimum Gasteiger partial charge on any atom is -0.351 e. The van der Waals surface area contributed by atoms with Gasteiger partial charge in [-0.05, 0) is 75.0 Å². The molecular formula is C17H26ClNO. The van der Waals surface area contributed by atoms with Gasteiger partial charge in [0.25, 0.3) is 0 Å². The highest BCUT2D eigenvalue weighted by molar-refractivity contribution is 6.21. The lowest BCUT2D eigenvalue weighted by Crippen LogP contribution is -2.58. The standard InChI is InChI=1S/C17H26ClNO/c1-16-6-11-5-12(7-16)9-17(8-11,10-16)15(20)19-14-4-2-3-13(14)18/h11-14H,2-10H2,1H3,(H,19,20). The van der Waals surface area contributed by atoms with Crippen LogP contribution in [0, 0.1) is 22.7 Å². The zero-order valence-corrected chi connectivity index (χ0v) is 13.2. The molecular weight excluding hydrogens is 270 g/mol. The van der Waals surface area contributed by atoms with E-state index in [0.29, 0.717) is 11.3 Å². The third-order valence-electron chi connectivity index (χ3n) is 6.58. The van der Waals surface area contributed by atoms with Gasteiger partial charge in [0.05, 0.1) is 10.8 Å². The summed E-state index contributed by atoms with van der Waals surface area (Å²) in [7, 11) is 0. The average molecular weight is 296 g/mol. The van der Waals surface area contributed by atoms with Crippen LogP contribution in [0.1, 0.15) is 64.7 Å². The molecule has 2 nitrogen and oxygen atoms in total. The number of nitrogens with one attached hydrogen (secondary N) is 1. The summed E-state index contributed by atoms with van der Waals surface area (Å²) in [4.78, 5) is 13.0. The molecule has 112 valence electrons. The van der Waals surface area contributed by atoms with E-state index in [1.54, 1.807) is 0 Å². The van der Waals surface area contributed by atoms with Crippen LogP contribution in [0.25, 0.3) is 0 Å². The molecule has 5 aliphatic carbocycles. The summed E-state index contributed by atoms with van der Waals surface area (Å²) < 4.78 is 0. The Labute approximate surface area is 127 Å². The maximum atomic E-state index is 13.0. The quantitative estimate of drug-likeness (QED) is 0.770. The van der Waals surface area contributed by atoms with Crippen molar-refractivity contribution in [3.05, 3.63) is 0 Å². The molecule has 5 saturated carbocycles. The Bertz CT molecular complexity index is 421. The van der Waals surface area contributed by atoms with Crippen LogP contribution in [-0.2, 0) is 4.79 Å². The molecule has 4 bridgehead atoms. The second-order valence-electron chi connectivity index (χ2n) is 8.58. The predicted molar refractivity (Wildman–Crippen MR) is 80.6 cm³/mol. The highest BCUT2D eigenvalue weighted by atomic mass is 35.5. The molecule has 5 aliphatic rings. The number of hydrogen-bond acceptors (Lipinski definition) is 1. The first-order valence-corrected chi connectivity index (χ1v) is 8.87. The molecule has 5 fully saturated rings. The zero-order valence-electron chi connectivity index (χ0n) is 12.5. The average Bonchev–Trinajstić information content (AvgIpc) is 2.71. The fourth-order valence-electron chi connectivity index (χ4n) is 6.38. The molecule has 20 heavy (non-hydrogen) atoms. The van der Waals surface area contributed by atoms with Gasteiger partial charge in [-0.1, -0.05) is 6.92 Å². The summed E-state index contributed by atoms with van der Waals surface area (Å²) in [5.74, 6) is 1.96. The van der Waals surface area contributed by atoms with Crippen LogP contribution in [0.3, 0.4) is 0 Å². The van der Waals surface area contributed by atoms with Gasteiger partial charge in [-0.25, -0.2) is 0 Å². The van der Waals surface area contributed by atoms with Crippen LogP contribution < -0.4 is 5.32 Å². The van der Waals surface area contributed by atoms with Crippen LogP contribution in [0.15, 0.2) is 0 Å². The van der Waals surface area contributed by atoms with Crippen LogP contribution in [0.2, 0.25) is 0 Å². The molecule has 5 rings (SSSR count). The fourth-order valence-corrected chi connectivity index (χ4v) is 6.73. The van der Waals surface area contributed by atoms with Crippen LogP contribution in [0.5, 0.6) is 0 Å². The maximum Gasteiger partial charge on any atom is 0.226 e. The SMILES string of the molecule is CC12CC3CC(C1)CC(C(=O)NC1CCCC1Cl)(C3)C2. The Morgan fingerprint density at radius 2 is 1.85 bits per heavy atom. The van der Waals surface area contributed by atoms with Crippen LogP contribution in [-0.4, -0.2) is 17.3 Å². The Kier molecular flexibility index (Phi) is 2.94. The first kappa shape index (κ1) is 13.4. The van der Waals surface area contributed by atoms with Crippen LogP contribution in [0.4, 0.5) is 0 Å². The van der Waals surface area contributed by atoms with E-state index in [0.717, 1.165) is 50.4 Å². The maximum absolute atomic E-state index is 13.0. The molecule has 0 spiro atoms. The van der Waals surface area contributed by atoms with E-state index in [4.69, 9.17) is 11.6 Å². The Morgan fingerprint density at radius 3 is 2.40 bits per heavy atom. The molecule has 0 aliphatic heterocycles. The van der Waals surface area contributed by atoms with E-state index in [2.05, 4.69) is 12.2 Å². The molecule has 1 N–H and O–H groups in total. The predicted octanol–water partition coefficient (Wildman–Crippen LogP) is 3.87. The monoisotopic (exact) mass is 295 g/mol. The molecule has 1 amide bonds. The van der Waals surface area contributed by atoms with E-state index in [9.17, 15) is 4.79 Å². The lowest BCUT2D eigenvalue weighted by molar-refractivity contribution is -0.155. The van der Waals surface area contributed by atoms with Gasteiger partial charge in [0, 0.05) is 6.04 Å². The van der Waals surface area contributed by atoms with Crippen molar-refractivity contribution in [2.24, 2.45) is 22.7 Å². The molecule has 0 saturated heterocycles. The number of halogens is 1. The summed E-state index contributed by atoms with van der Waals surface area (Å²) in [5, 5.41) is 3.49. The zero-order chi connectivity index (χ0) is 14.0. The second kappa shape index (κ2) is 4.38. The van der Waals surface area contributed by atoms with Crippen molar-refractivity contribution in [2.45, 2.75) is 76.1 Å². The minimum absolute atomic E-state index is 0.0436. The summed E-state index contributed by atoms with van der Waals surface area (Å²) in [6, 6.07) is 0.227. The molecule has 0 aromatic carbocycles. The third kappa shape index (κ3) is 2.01. The topological polar surface area (TPSA) is 29.1 Å². The highest BCUT2D eigenvalue weighted by Gasteiger charge is 2.59. The molecule has 4 unspecified atom stereocenters. The largest absolute Gasteiger partial charge is 0.351 e. The third-order valence-corrected chi connectivity index (χ3v) is 7.11. The van der Waals surface area contributed by atoms with E-state index in [1.807, 2.05) is 0 Å². The fraction of sp³-hybridized carbons (Fsp3) is 0.941. The first-order valence-electron chi connectivity index (χ1n) is 8.43. The number of amides is 1. The van der Waals surface area contributed by atoms with Crippen molar-refractivity contribution in [3.8, 4) is 0 Å². The van der Waals surface area contributed by atoms with Crippen molar-refractivity contribution in [1.82, 2.24) is 5.32 Å². The van der Waals surface area contributed by atoms with E-state index < -0.39 is 0 Å². The number of hydrogen-bond donors (Lipinski definition) is 1. The number of alkyl halides is 1. The Morgan fingerprint density at radius 1 is 1.15 bits per heavy atom. The lowest BCUT2D eigenvalue weighted by atomic mass is 9.44. The first-order chi connectivity index (χ1) is 9.48. The number of carbonyl (C=O) groups excluding carboxylic acids is 1. The smallest absolute Gasteiger partial charge is 0.226 e. The van der Waals surface area contributed by atoms with Gasteiger partial charge < -0.3 is 5.32 Å². The van der Waals surface area contributed by atoms with Gasteiger partial charge in [-0.2, -0.15) is 0 Å². The molecule has 0 radical (unpaired) electrons. The normalized spacial score (nSPS) is 53.3. The molecule has 3 heteroatoms. The van der Waals surface area contributed by atoms with Crippen molar-refractivity contribution >= 4 is 17.5 Å². The van der Waals surface area contributed by atoms with E-state index in [1.165, 1.54) is 19.3 Å². The van der Waals surface area contributed by atoms with Crippen molar-refractivity contribution in [2.75, 3.05) is 0 Å². The molecule has 0 heterocycles. The van der Waals surface area contributed by atoms with Gasteiger partial charge in [-0.3, -0.25) is 4.79 Å². The van der Waals surface area contributed by atoms with E-state index in [-0.39, 0.29) is 16.8 Å². The summed E-state index contributed by atoms with van der Waals surface area (Å²) >= 11 is 6.34. The van der Waals surface area contributed by atoms with Crippen molar-refractivity contribution < 1.29 is 4.79 Å². The highest BCUT2D eigenvalue weighted by Crippen LogP contribution is 2.65. The van der Waals surface area contributed by atoms with Gasteiger partial charge in [0.2, 0.25) is 5.91 Å². The molecule has 4 atom stereocenters. The Hall–Kier alpha value is -0.240. The van der Waals surface area contributed by atoms with Crippen molar-refractivity contribution in [1.29, 1.82) is 0 Å². The number of rotatable bonds is 2. The summed E-state index contributed by atoms with van der Waals surface area (Å²) in [6.45, 7) is 2.42. The molecule has 0 aromatic rings. The number of carbonyl (C=O) groups is 1. The van der Waals surface area contributed by atoms with Gasteiger partial charge in [0.15, 0.2) is 0 Å². The van der Waals surface area contributed by atoms with E-state index >= 15 is 0 Å².